The molecule has 5 nitrogen and oxygen atoms in total. The van der Waals surface area contributed by atoms with Crippen molar-refractivity contribution in [3.63, 3.8) is 0 Å². The smallest absolute Gasteiger partial charge is 0.410 e. The molecule has 0 aliphatic carbocycles. The van der Waals surface area contributed by atoms with Crippen LogP contribution in [0.25, 0.3) is 0 Å². The van der Waals surface area contributed by atoms with Gasteiger partial charge in [0.15, 0.2) is 6.04 Å². The van der Waals surface area contributed by atoms with E-state index in [-0.39, 0.29) is 24.4 Å². The van der Waals surface area contributed by atoms with Crippen LogP contribution >= 0.6 is 0 Å². The topological polar surface area (TPSA) is 56.1 Å². The predicted molar refractivity (Wildman–Crippen MR) is 90.1 cm³/mol. The number of anilines is 1. The second-order valence-electron chi connectivity index (χ2n) is 6.16. The number of hydrogen-bond acceptors (Lipinski definition) is 4. The van der Waals surface area contributed by atoms with E-state index >= 15 is 0 Å². The molecule has 1 aliphatic heterocycles. The van der Waals surface area contributed by atoms with Gasteiger partial charge in [-0.2, -0.15) is 18.3 Å². The van der Waals surface area contributed by atoms with Crippen LogP contribution in [0, 0.1) is 0 Å². The Labute approximate surface area is 149 Å². The lowest BCUT2D eigenvalue weighted by atomic mass is 9.95. The lowest BCUT2D eigenvalue weighted by Crippen LogP contribution is -2.36. The monoisotopic (exact) mass is 367 g/mol. The fourth-order valence-corrected chi connectivity index (χ4v) is 3.13. The number of ether oxygens (including phenoxy) is 1. The standard InChI is InChI=1S/C18H20F3N3O2/c1-3-11-5-7-12(8-6-11)14-9-15(18(19,20)21)24-16(23-14)13(10-22-24)17(25)26-4-2/h5-8,10,14-15,23H,3-4,9H2,1-2H3/t14-,15+/m1/s1. The van der Waals surface area contributed by atoms with Crippen LogP contribution in [0.2, 0.25) is 0 Å². The zero-order chi connectivity index (χ0) is 18.9. The molecule has 0 saturated heterocycles. The van der Waals surface area contributed by atoms with E-state index in [9.17, 15) is 18.0 Å². The number of carbonyl (C=O) groups excluding carboxylic acids is 1. The van der Waals surface area contributed by atoms with Crippen molar-refractivity contribution in [2.75, 3.05) is 11.9 Å². The largest absolute Gasteiger partial charge is 0.462 e. The van der Waals surface area contributed by atoms with E-state index in [0.717, 1.165) is 28.4 Å². The molecule has 1 N–H and O–H groups in total. The average Bonchev–Trinajstić information content (AvgIpc) is 3.04. The molecule has 1 aromatic carbocycles. The highest BCUT2D eigenvalue weighted by Gasteiger charge is 2.47. The van der Waals surface area contributed by atoms with Crippen LogP contribution in [0.1, 0.15) is 53.8 Å². The Morgan fingerprint density at radius 1 is 1.31 bits per heavy atom. The summed E-state index contributed by atoms with van der Waals surface area (Å²) in [5, 5.41) is 6.84. The lowest BCUT2D eigenvalue weighted by Gasteiger charge is -2.34. The number of hydrogen-bond donors (Lipinski definition) is 1. The Bertz CT molecular complexity index is 784. The molecule has 0 spiro atoms. The van der Waals surface area contributed by atoms with Crippen molar-refractivity contribution in [3.8, 4) is 0 Å². The molecule has 8 heteroatoms. The molecule has 2 heterocycles. The van der Waals surface area contributed by atoms with Gasteiger partial charge in [0, 0.05) is 6.42 Å². The first-order chi connectivity index (χ1) is 12.3. The maximum atomic E-state index is 13.6. The summed E-state index contributed by atoms with van der Waals surface area (Å²) < 4.78 is 46.5. The third-order valence-corrected chi connectivity index (χ3v) is 4.52. The maximum absolute atomic E-state index is 13.6. The average molecular weight is 367 g/mol. The number of alkyl halides is 3. The molecule has 0 radical (unpaired) electrons. The van der Waals surface area contributed by atoms with Gasteiger partial charge in [0.1, 0.15) is 11.4 Å². The second kappa shape index (κ2) is 7.01. The summed E-state index contributed by atoms with van der Waals surface area (Å²) in [4.78, 5) is 12.1. The van der Waals surface area contributed by atoms with Crippen LogP contribution in [0.3, 0.4) is 0 Å². The summed E-state index contributed by atoms with van der Waals surface area (Å²) >= 11 is 0. The van der Waals surface area contributed by atoms with E-state index in [1.54, 1.807) is 6.92 Å². The first-order valence-corrected chi connectivity index (χ1v) is 8.51. The predicted octanol–water partition coefficient (Wildman–Crippen LogP) is 4.28. The van der Waals surface area contributed by atoms with Gasteiger partial charge in [0.2, 0.25) is 0 Å². The molecule has 0 unspecified atom stereocenters. The van der Waals surface area contributed by atoms with Crippen molar-refractivity contribution in [1.29, 1.82) is 0 Å². The SMILES string of the molecule is CCOC(=O)c1cnn2c1N[C@@H](c1ccc(CC)cc1)C[C@H]2C(F)(F)F. The van der Waals surface area contributed by atoms with Gasteiger partial charge in [-0.15, -0.1) is 0 Å². The maximum Gasteiger partial charge on any atom is 0.410 e. The summed E-state index contributed by atoms with van der Waals surface area (Å²) in [7, 11) is 0. The summed E-state index contributed by atoms with van der Waals surface area (Å²) in [6.45, 7) is 3.78. The third kappa shape index (κ3) is 3.40. The van der Waals surface area contributed by atoms with Crippen LogP contribution < -0.4 is 5.32 Å². The molecule has 140 valence electrons. The molecular weight excluding hydrogens is 347 g/mol. The number of esters is 1. The molecule has 0 saturated carbocycles. The molecule has 0 amide bonds. The fourth-order valence-electron chi connectivity index (χ4n) is 3.13. The van der Waals surface area contributed by atoms with E-state index in [4.69, 9.17) is 4.74 Å². The third-order valence-electron chi connectivity index (χ3n) is 4.52. The summed E-state index contributed by atoms with van der Waals surface area (Å²) in [6, 6.07) is 5.05. The number of nitrogens with one attached hydrogen (secondary N) is 1. The Morgan fingerprint density at radius 2 is 2.00 bits per heavy atom. The molecule has 1 aromatic heterocycles. The van der Waals surface area contributed by atoms with Gasteiger partial charge in [-0.1, -0.05) is 31.2 Å². The van der Waals surface area contributed by atoms with Gasteiger partial charge in [-0.25, -0.2) is 9.48 Å². The number of halogens is 3. The number of rotatable bonds is 4. The normalized spacial score (nSPS) is 19.6. The van der Waals surface area contributed by atoms with E-state index < -0.39 is 24.2 Å². The van der Waals surface area contributed by atoms with Crippen molar-refractivity contribution in [2.45, 2.75) is 44.9 Å². The number of benzene rings is 1. The van der Waals surface area contributed by atoms with Crippen LogP contribution in [0.4, 0.5) is 19.0 Å². The molecule has 2 aromatic rings. The molecule has 0 fully saturated rings. The quantitative estimate of drug-likeness (QED) is 0.820. The van der Waals surface area contributed by atoms with Crippen LogP contribution in [-0.4, -0.2) is 28.5 Å². The molecule has 0 bridgehead atoms. The van der Waals surface area contributed by atoms with Gasteiger partial charge in [-0.3, -0.25) is 0 Å². The summed E-state index contributed by atoms with van der Waals surface area (Å²) in [5.41, 5.74) is 1.85. The molecule has 2 atom stereocenters. The highest BCUT2D eigenvalue weighted by atomic mass is 19.4. The van der Waals surface area contributed by atoms with E-state index in [1.165, 1.54) is 0 Å². The van der Waals surface area contributed by atoms with Crippen LogP contribution in [0.5, 0.6) is 0 Å². The minimum atomic E-state index is -4.48. The number of fused-ring (bicyclic) bond motifs is 1. The first kappa shape index (κ1) is 18.3. The number of carbonyl (C=O) groups is 1. The molecular formula is C18H20F3N3O2. The minimum Gasteiger partial charge on any atom is -0.462 e. The zero-order valence-electron chi connectivity index (χ0n) is 14.5. The van der Waals surface area contributed by atoms with Crippen molar-refractivity contribution in [3.05, 3.63) is 47.2 Å². The lowest BCUT2D eigenvalue weighted by molar-refractivity contribution is -0.173. The molecule has 3 rings (SSSR count). The molecule has 26 heavy (non-hydrogen) atoms. The van der Waals surface area contributed by atoms with Gasteiger partial charge in [0.25, 0.3) is 0 Å². The summed E-state index contributed by atoms with van der Waals surface area (Å²) in [6.07, 6.45) is -2.70. The highest BCUT2D eigenvalue weighted by Crippen LogP contribution is 2.44. The first-order valence-electron chi connectivity index (χ1n) is 8.51. The van der Waals surface area contributed by atoms with Gasteiger partial charge < -0.3 is 10.1 Å². The van der Waals surface area contributed by atoms with Crippen molar-refractivity contribution in [1.82, 2.24) is 9.78 Å². The van der Waals surface area contributed by atoms with E-state index in [2.05, 4.69) is 10.4 Å². The van der Waals surface area contributed by atoms with E-state index in [0.29, 0.717) is 0 Å². The number of aromatic nitrogens is 2. The van der Waals surface area contributed by atoms with Crippen molar-refractivity contribution in [2.24, 2.45) is 0 Å². The Morgan fingerprint density at radius 3 is 2.58 bits per heavy atom. The number of aryl methyl sites for hydroxylation is 1. The van der Waals surface area contributed by atoms with E-state index in [1.807, 2.05) is 31.2 Å². The van der Waals surface area contributed by atoms with Crippen molar-refractivity contribution >= 4 is 11.8 Å². The Balaban J connectivity index is 1.99. The fraction of sp³-hybridized carbons (Fsp3) is 0.444. The van der Waals surface area contributed by atoms with Gasteiger partial charge in [-0.05, 0) is 24.5 Å². The zero-order valence-corrected chi connectivity index (χ0v) is 14.5. The van der Waals surface area contributed by atoms with Crippen molar-refractivity contribution < 1.29 is 22.7 Å². The van der Waals surface area contributed by atoms with Gasteiger partial charge in [0.05, 0.1) is 18.8 Å². The second-order valence-corrected chi connectivity index (χ2v) is 6.16. The number of nitrogens with zero attached hydrogens (tertiary/aromatic N) is 2. The Hall–Kier alpha value is -2.51. The van der Waals surface area contributed by atoms with Gasteiger partial charge >= 0.3 is 12.1 Å². The minimum absolute atomic E-state index is 0.0102. The van der Waals surface area contributed by atoms with Crippen LogP contribution in [0.15, 0.2) is 30.5 Å². The molecule has 1 aliphatic rings. The highest BCUT2D eigenvalue weighted by molar-refractivity contribution is 5.94. The Kier molecular flexibility index (Phi) is 4.93. The van der Waals surface area contributed by atoms with Crippen LogP contribution in [-0.2, 0) is 11.2 Å². The summed E-state index contributed by atoms with van der Waals surface area (Å²) in [5.74, 6) is -0.647.